The van der Waals surface area contributed by atoms with Crippen molar-refractivity contribution in [2.75, 3.05) is 12.8 Å². The van der Waals surface area contributed by atoms with Crippen LogP contribution in [0.15, 0.2) is 28.7 Å². The molecule has 1 aromatic heterocycles. The largest absolute Gasteiger partial charge is 0.461 e. The van der Waals surface area contributed by atoms with Crippen LogP contribution in [0, 0.1) is 6.92 Å². The summed E-state index contributed by atoms with van der Waals surface area (Å²) < 4.78 is 6.29. The third-order valence-corrected chi connectivity index (χ3v) is 6.02. The normalized spacial score (nSPS) is 17.9. The fourth-order valence-electron chi connectivity index (χ4n) is 3.33. The summed E-state index contributed by atoms with van der Waals surface area (Å²) in [7, 11) is 0. The van der Waals surface area contributed by atoms with Crippen molar-refractivity contribution in [3.05, 3.63) is 35.6 Å². The van der Waals surface area contributed by atoms with E-state index in [0.29, 0.717) is 4.75 Å². The molecule has 2 nitrogen and oxygen atoms in total. The number of para-hydroxylation sites is 1. The summed E-state index contributed by atoms with van der Waals surface area (Å²) >= 11 is 2.04. The van der Waals surface area contributed by atoms with E-state index in [4.69, 9.17) is 4.42 Å². The Morgan fingerprint density at radius 2 is 2.00 bits per heavy atom. The Bertz CT molecular complexity index is 584. The van der Waals surface area contributed by atoms with E-state index in [1.165, 1.54) is 36.6 Å². The van der Waals surface area contributed by atoms with Crippen molar-refractivity contribution in [1.82, 2.24) is 5.32 Å². The maximum absolute atomic E-state index is 5.83. The minimum Gasteiger partial charge on any atom is -0.461 e. The van der Waals surface area contributed by atoms with Gasteiger partial charge in [-0.3, -0.25) is 0 Å². The lowest BCUT2D eigenvalue weighted by Gasteiger charge is -2.27. The van der Waals surface area contributed by atoms with E-state index in [1.807, 2.05) is 23.9 Å². The molecule has 1 aliphatic carbocycles. The molecule has 2 aromatic rings. The van der Waals surface area contributed by atoms with E-state index in [9.17, 15) is 0 Å². The molecule has 0 bridgehead atoms. The van der Waals surface area contributed by atoms with Crippen LogP contribution in [-0.2, 0) is 6.54 Å². The zero-order valence-corrected chi connectivity index (χ0v) is 13.2. The van der Waals surface area contributed by atoms with Crippen LogP contribution in [0.1, 0.15) is 37.0 Å². The highest BCUT2D eigenvalue weighted by atomic mass is 32.2. The molecule has 0 amide bonds. The predicted molar refractivity (Wildman–Crippen MR) is 87.4 cm³/mol. The highest BCUT2D eigenvalue weighted by Gasteiger charge is 2.32. The fourth-order valence-corrected chi connectivity index (χ4v) is 4.27. The van der Waals surface area contributed by atoms with Gasteiger partial charge in [0.1, 0.15) is 11.3 Å². The molecule has 3 rings (SSSR count). The topological polar surface area (TPSA) is 25.2 Å². The number of hydrogen-bond acceptors (Lipinski definition) is 3. The first-order chi connectivity index (χ1) is 9.74. The molecule has 1 N–H and O–H groups in total. The quantitative estimate of drug-likeness (QED) is 0.877. The molecule has 108 valence electrons. The molecule has 0 spiro atoms. The first-order valence-electron chi connectivity index (χ1n) is 7.47. The molecule has 1 aliphatic rings. The highest BCUT2D eigenvalue weighted by molar-refractivity contribution is 8.00. The zero-order valence-electron chi connectivity index (χ0n) is 12.4. The molecule has 1 aromatic carbocycles. The van der Waals surface area contributed by atoms with Crippen molar-refractivity contribution in [2.24, 2.45) is 0 Å². The first kappa shape index (κ1) is 14.0. The minimum atomic E-state index is 0.466. The van der Waals surface area contributed by atoms with Gasteiger partial charge in [0.2, 0.25) is 0 Å². The van der Waals surface area contributed by atoms with Gasteiger partial charge < -0.3 is 9.73 Å². The molecule has 1 saturated carbocycles. The van der Waals surface area contributed by atoms with Crippen LogP contribution in [0.4, 0.5) is 0 Å². The molecule has 0 radical (unpaired) electrons. The average molecular weight is 289 g/mol. The van der Waals surface area contributed by atoms with Crippen LogP contribution >= 0.6 is 11.8 Å². The van der Waals surface area contributed by atoms with Crippen molar-refractivity contribution < 1.29 is 4.42 Å². The monoisotopic (exact) mass is 289 g/mol. The van der Waals surface area contributed by atoms with E-state index in [0.717, 1.165) is 24.4 Å². The SMILES string of the molecule is CSC1(CNCc2c(C)oc3ccccc23)CCCC1. The third-order valence-electron chi connectivity index (χ3n) is 4.60. The summed E-state index contributed by atoms with van der Waals surface area (Å²) in [5.74, 6) is 1.04. The van der Waals surface area contributed by atoms with Crippen LogP contribution in [-0.4, -0.2) is 17.5 Å². The molecule has 1 fully saturated rings. The lowest BCUT2D eigenvalue weighted by Crippen LogP contribution is -2.34. The number of fused-ring (bicyclic) bond motifs is 1. The molecule has 20 heavy (non-hydrogen) atoms. The van der Waals surface area contributed by atoms with Gasteiger partial charge >= 0.3 is 0 Å². The van der Waals surface area contributed by atoms with Gasteiger partial charge in [-0.2, -0.15) is 11.8 Å². The van der Waals surface area contributed by atoms with Crippen molar-refractivity contribution in [2.45, 2.75) is 43.9 Å². The van der Waals surface area contributed by atoms with Gasteiger partial charge in [-0.1, -0.05) is 31.0 Å². The molecular weight excluding hydrogens is 266 g/mol. The van der Waals surface area contributed by atoms with Crippen LogP contribution in [0.2, 0.25) is 0 Å². The minimum absolute atomic E-state index is 0.466. The molecule has 0 aliphatic heterocycles. The Morgan fingerprint density at radius 1 is 1.25 bits per heavy atom. The Hall–Kier alpha value is -0.930. The van der Waals surface area contributed by atoms with Gasteiger partial charge in [-0.25, -0.2) is 0 Å². The molecular formula is C17H23NOS. The Kier molecular flexibility index (Phi) is 4.08. The smallest absolute Gasteiger partial charge is 0.134 e. The molecule has 1 heterocycles. The van der Waals surface area contributed by atoms with Crippen molar-refractivity contribution in [1.29, 1.82) is 0 Å². The second-order valence-corrected chi connectivity index (χ2v) is 7.11. The number of thioether (sulfide) groups is 1. The van der Waals surface area contributed by atoms with Gasteiger partial charge in [-0.05, 0) is 32.1 Å². The van der Waals surface area contributed by atoms with Crippen LogP contribution in [0.25, 0.3) is 11.0 Å². The van der Waals surface area contributed by atoms with E-state index < -0.39 is 0 Å². The van der Waals surface area contributed by atoms with Crippen molar-refractivity contribution in [3.63, 3.8) is 0 Å². The Balaban J connectivity index is 1.69. The summed E-state index contributed by atoms with van der Waals surface area (Å²) in [6.45, 7) is 4.08. The number of hydrogen-bond donors (Lipinski definition) is 1. The molecule has 0 unspecified atom stereocenters. The van der Waals surface area contributed by atoms with Gasteiger partial charge in [0.25, 0.3) is 0 Å². The number of nitrogens with one attached hydrogen (secondary N) is 1. The summed E-state index contributed by atoms with van der Waals surface area (Å²) in [4.78, 5) is 0. The first-order valence-corrected chi connectivity index (χ1v) is 8.69. The summed E-state index contributed by atoms with van der Waals surface area (Å²) in [5, 5.41) is 4.93. The van der Waals surface area contributed by atoms with Gasteiger partial charge in [-0.15, -0.1) is 0 Å². The number of benzene rings is 1. The standard InChI is InChI=1S/C17H23NOS/c1-13-15(14-7-3-4-8-16(14)19-13)11-18-12-17(20-2)9-5-6-10-17/h3-4,7-8,18H,5-6,9-12H2,1-2H3. The second-order valence-electron chi connectivity index (χ2n) is 5.83. The lowest BCUT2D eigenvalue weighted by molar-refractivity contribution is 0.524. The number of furan rings is 1. The van der Waals surface area contributed by atoms with Crippen molar-refractivity contribution in [3.8, 4) is 0 Å². The average Bonchev–Trinajstić information content (AvgIpc) is 3.05. The molecule has 3 heteroatoms. The zero-order chi connectivity index (χ0) is 14.0. The third kappa shape index (κ3) is 2.61. The van der Waals surface area contributed by atoms with E-state index in [2.05, 4.69) is 30.6 Å². The van der Waals surface area contributed by atoms with Crippen LogP contribution in [0.5, 0.6) is 0 Å². The van der Waals surface area contributed by atoms with E-state index in [-0.39, 0.29) is 0 Å². The predicted octanol–water partition coefficient (Wildman–Crippen LogP) is 4.51. The van der Waals surface area contributed by atoms with Gasteiger partial charge in [0.15, 0.2) is 0 Å². The lowest BCUT2D eigenvalue weighted by atomic mass is 10.1. The summed E-state index contributed by atoms with van der Waals surface area (Å²) in [5.41, 5.74) is 2.32. The van der Waals surface area contributed by atoms with Gasteiger partial charge in [0, 0.05) is 28.8 Å². The molecule has 0 atom stereocenters. The Labute approximate surface area is 125 Å². The highest BCUT2D eigenvalue weighted by Crippen LogP contribution is 2.39. The molecule has 0 saturated heterocycles. The van der Waals surface area contributed by atoms with Gasteiger partial charge in [0.05, 0.1) is 0 Å². The summed E-state index contributed by atoms with van der Waals surface area (Å²) in [6.07, 6.45) is 7.73. The Morgan fingerprint density at radius 3 is 2.75 bits per heavy atom. The maximum atomic E-state index is 5.83. The maximum Gasteiger partial charge on any atom is 0.134 e. The number of aryl methyl sites for hydroxylation is 1. The second kappa shape index (κ2) is 5.82. The fraction of sp³-hybridized carbons (Fsp3) is 0.529. The number of rotatable bonds is 5. The van der Waals surface area contributed by atoms with E-state index in [1.54, 1.807) is 0 Å². The van der Waals surface area contributed by atoms with Crippen LogP contribution in [0.3, 0.4) is 0 Å². The van der Waals surface area contributed by atoms with Crippen molar-refractivity contribution >= 4 is 22.7 Å². The van der Waals surface area contributed by atoms with Crippen LogP contribution < -0.4 is 5.32 Å². The summed E-state index contributed by atoms with van der Waals surface area (Å²) in [6, 6.07) is 8.32. The van der Waals surface area contributed by atoms with E-state index >= 15 is 0 Å².